The van der Waals surface area contributed by atoms with Crippen molar-refractivity contribution in [2.75, 3.05) is 0 Å². The van der Waals surface area contributed by atoms with Crippen molar-refractivity contribution in [2.45, 2.75) is 31.6 Å². The van der Waals surface area contributed by atoms with Gasteiger partial charge in [0.2, 0.25) is 0 Å². The molecule has 0 unspecified atom stereocenters. The van der Waals surface area contributed by atoms with Gasteiger partial charge in [0.25, 0.3) is 9.05 Å². The SMILES string of the molecule is CCc1cccc(S(=O)(=O)Cl)c1CC. The summed E-state index contributed by atoms with van der Waals surface area (Å²) in [6, 6.07) is 5.22. The molecule has 0 bridgehead atoms. The highest BCUT2D eigenvalue weighted by Crippen LogP contribution is 2.23. The average Bonchev–Trinajstić information content (AvgIpc) is 2.15. The molecule has 14 heavy (non-hydrogen) atoms. The third-order valence-electron chi connectivity index (χ3n) is 2.23. The van der Waals surface area contributed by atoms with Gasteiger partial charge in [-0.25, -0.2) is 8.42 Å². The van der Waals surface area contributed by atoms with Gasteiger partial charge < -0.3 is 0 Å². The van der Waals surface area contributed by atoms with E-state index in [-0.39, 0.29) is 4.90 Å². The van der Waals surface area contributed by atoms with Crippen LogP contribution < -0.4 is 0 Å². The first-order chi connectivity index (χ1) is 6.50. The molecule has 2 nitrogen and oxygen atoms in total. The van der Waals surface area contributed by atoms with E-state index in [2.05, 4.69) is 0 Å². The van der Waals surface area contributed by atoms with Gasteiger partial charge in [0, 0.05) is 10.7 Å². The van der Waals surface area contributed by atoms with Crippen LogP contribution in [0.25, 0.3) is 0 Å². The topological polar surface area (TPSA) is 34.1 Å². The highest BCUT2D eigenvalue weighted by atomic mass is 35.7. The molecule has 0 fully saturated rings. The number of aryl methyl sites for hydroxylation is 1. The molecule has 4 heteroatoms. The molecule has 0 radical (unpaired) electrons. The minimum atomic E-state index is -3.61. The Morgan fingerprint density at radius 3 is 2.29 bits per heavy atom. The molecule has 0 spiro atoms. The highest BCUT2D eigenvalue weighted by Gasteiger charge is 2.16. The molecule has 1 rings (SSSR count). The van der Waals surface area contributed by atoms with E-state index in [4.69, 9.17) is 10.7 Å². The molecule has 78 valence electrons. The summed E-state index contributed by atoms with van der Waals surface area (Å²) in [5, 5.41) is 0. The Morgan fingerprint density at radius 1 is 1.21 bits per heavy atom. The first-order valence-corrected chi connectivity index (χ1v) is 6.87. The average molecular weight is 233 g/mol. The molecule has 0 saturated heterocycles. The van der Waals surface area contributed by atoms with Crippen molar-refractivity contribution in [3.05, 3.63) is 29.3 Å². The van der Waals surface area contributed by atoms with E-state index < -0.39 is 9.05 Å². The predicted octanol–water partition coefficient (Wildman–Crippen LogP) is 2.74. The summed E-state index contributed by atoms with van der Waals surface area (Å²) >= 11 is 0. The van der Waals surface area contributed by atoms with Crippen molar-refractivity contribution in [3.63, 3.8) is 0 Å². The summed E-state index contributed by atoms with van der Waals surface area (Å²) in [5.41, 5.74) is 1.89. The van der Waals surface area contributed by atoms with E-state index in [1.54, 1.807) is 12.1 Å². The maximum absolute atomic E-state index is 11.2. The fourth-order valence-electron chi connectivity index (χ4n) is 1.57. The van der Waals surface area contributed by atoms with Gasteiger partial charge in [0.15, 0.2) is 0 Å². The van der Waals surface area contributed by atoms with E-state index in [0.717, 1.165) is 17.5 Å². The molecule has 0 aliphatic heterocycles. The number of benzene rings is 1. The van der Waals surface area contributed by atoms with Gasteiger partial charge in [0.05, 0.1) is 4.90 Å². The first kappa shape index (κ1) is 11.5. The van der Waals surface area contributed by atoms with Crippen LogP contribution in [0.4, 0.5) is 0 Å². The molecule has 0 N–H and O–H groups in total. The van der Waals surface area contributed by atoms with Crippen LogP contribution in [0.15, 0.2) is 23.1 Å². The van der Waals surface area contributed by atoms with Crippen LogP contribution in [0, 0.1) is 0 Å². The summed E-state index contributed by atoms with van der Waals surface area (Å²) in [6.45, 7) is 3.93. The smallest absolute Gasteiger partial charge is 0.207 e. The zero-order valence-corrected chi connectivity index (χ0v) is 9.82. The van der Waals surface area contributed by atoms with E-state index >= 15 is 0 Å². The molecule has 0 saturated carbocycles. The van der Waals surface area contributed by atoms with Crippen LogP contribution in [0.3, 0.4) is 0 Å². The number of halogens is 1. The van der Waals surface area contributed by atoms with Crippen molar-refractivity contribution in [1.29, 1.82) is 0 Å². The lowest BCUT2D eigenvalue weighted by Crippen LogP contribution is -2.01. The Balaban J connectivity index is 3.45. The minimum absolute atomic E-state index is 0.251. The van der Waals surface area contributed by atoms with Crippen LogP contribution in [-0.4, -0.2) is 8.42 Å². The summed E-state index contributed by atoms with van der Waals surface area (Å²) in [6.07, 6.45) is 1.51. The van der Waals surface area contributed by atoms with Crippen LogP contribution in [0.5, 0.6) is 0 Å². The van der Waals surface area contributed by atoms with E-state index in [9.17, 15) is 8.42 Å². The van der Waals surface area contributed by atoms with Crippen LogP contribution in [-0.2, 0) is 21.9 Å². The van der Waals surface area contributed by atoms with Gasteiger partial charge in [-0.1, -0.05) is 26.0 Å². The Hall–Kier alpha value is -0.540. The minimum Gasteiger partial charge on any atom is -0.207 e. The molecule has 0 atom stereocenters. The van der Waals surface area contributed by atoms with Crippen molar-refractivity contribution in [2.24, 2.45) is 0 Å². The zero-order valence-electron chi connectivity index (χ0n) is 8.25. The molecule has 1 aromatic rings. The lowest BCUT2D eigenvalue weighted by Gasteiger charge is -2.09. The number of rotatable bonds is 3. The predicted molar refractivity (Wildman–Crippen MR) is 58.2 cm³/mol. The summed E-state index contributed by atoms with van der Waals surface area (Å²) in [7, 11) is 1.74. The normalized spacial score (nSPS) is 11.6. The highest BCUT2D eigenvalue weighted by molar-refractivity contribution is 8.13. The standard InChI is InChI=1S/C10H13ClO2S/c1-3-8-6-5-7-10(9(8)4-2)14(11,12)13/h5-7H,3-4H2,1-2H3. The second-order valence-electron chi connectivity index (χ2n) is 3.04. The molecule has 0 aromatic heterocycles. The van der Waals surface area contributed by atoms with E-state index in [1.165, 1.54) is 0 Å². The molecular formula is C10H13ClO2S. The summed E-state index contributed by atoms with van der Waals surface area (Å²) in [5.74, 6) is 0. The van der Waals surface area contributed by atoms with Crippen LogP contribution >= 0.6 is 10.7 Å². The zero-order chi connectivity index (χ0) is 10.8. The maximum atomic E-state index is 11.2. The van der Waals surface area contributed by atoms with E-state index in [0.29, 0.717) is 6.42 Å². The van der Waals surface area contributed by atoms with Crippen molar-refractivity contribution < 1.29 is 8.42 Å². The van der Waals surface area contributed by atoms with Crippen molar-refractivity contribution >= 4 is 19.7 Å². The van der Waals surface area contributed by atoms with Gasteiger partial charge in [0.1, 0.15) is 0 Å². The Kier molecular flexibility index (Phi) is 3.56. The quantitative estimate of drug-likeness (QED) is 0.751. The van der Waals surface area contributed by atoms with Crippen molar-refractivity contribution in [3.8, 4) is 0 Å². The second kappa shape index (κ2) is 4.32. The van der Waals surface area contributed by atoms with Crippen molar-refractivity contribution in [1.82, 2.24) is 0 Å². The van der Waals surface area contributed by atoms with Gasteiger partial charge in [-0.3, -0.25) is 0 Å². The van der Waals surface area contributed by atoms with Crippen LogP contribution in [0.2, 0.25) is 0 Å². The Bertz CT molecular complexity index is 424. The molecular weight excluding hydrogens is 220 g/mol. The summed E-state index contributed by atoms with van der Waals surface area (Å²) < 4.78 is 22.5. The lowest BCUT2D eigenvalue weighted by atomic mass is 10.0. The molecule has 0 aliphatic rings. The third kappa shape index (κ3) is 2.28. The molecule has 0 aliphatic carbocycles. The van der Waals surface area contributed by atoms with Gasteiger partial charge >= 0.3 is 0 Å². The maximum Gasteiger partial charge on any atom is 0.261 e. The second-order valence-corrected chi connectivity index (χ2v) is 5.57. The molecule has 0 heterocycles. The lowest BCUT2D eigenvalue weighted by molar-refractivity contribution is 0.608. The first-order valence-electron chi connectivity index (χ1n) is 4.56. The fraction of sp³-hybridized carbons (Fsp3) is 0.400. The Labute approximate surface area is 89.3 Å². The number of hydrogen-bond donors (Lipinski definition) is 0. The molecule has 1 aromatic carbocycles. The molecule has 0 amide bonds. The fourth-order valence-corrected chi connectivity index (χ4v) is 2.82. The largest absolute Gasteiger partial charge is 0.261 e. The number of hydrogen-bond acceptors (Lipinski definition) is 2. The van der Waals surface area contributed by atoms with Gasteiger partial charge in [-0.15, -0.1) is 0 Å². The van der Waals surface area contributed by atoms with Crippen LogP contribution in [0.1, 0.15) is 25.0 Å². The Morgan fingerprint density at radius 2 is 1.86 bits per heavy atom. The monoisotopic (exact) mass is 232 g/mol. The van der Waals surface area contributed by atoms with Gasteiger partial charge in [-0.2, -0.15) is 0 Å². The van der Waals surface area contributed by atoms with E-state index in [1.807, 2.05) is 19.9 Å². The third-order valence-corrected chi connectivity index (χ3v) is 3.63. The van der Waals surface area contributed by atoms with Gasteiger partial charge in [-0.05, 0) is 30.0 Å². The summed E-state index contributed by atoms with van der Waals surface area (Å²) in [4.78, 5) is 0.251.